The quantitative estimate of drug-likeness (QED) is 0.583. The van der Waals surface area contributed by atoms with E-state index < -0.39 is 22.4 Å². The van der Waals surface area contributed by atoms with Crippen molar-refractivity contribution in [1.29, 1.82) is 5.26 Å². The molecule has 29 heavy (non-hydrogen) atoms. The molecule has 0 atom stereocenters. The summed E-state index contributed by atoms with van der Waals surface area (Å²) in [6.45, 7) is 1.18. The molecule has 7 nitrogen and oxygen atoms in total. The number of anilines is 3. The van der Waals surface area contributed by atoms with E-state index >= 15 is 0 Å². The van der Waals surface area contributed by atoms with Gasteiger partial charge >= 0.3 is 6.18 Å². The first kappa shape index (κ1) is 20.4. The molecule has 152 valence electrons. The largest absolute Gasteiger partial charge is 0.416 e. The van der Waals surface area contributed by atoms with Crippen molar-refractivity contribution in [1.82, 2.24) is 0 Å². The number of benzene rings is 2. The van der Waals surface area contributed by atoms with Crippen LogP contribution in [-0.2, 0) is 6.18 Å². The Balaban J connectivity index is 1.89. The molecule has 1 fully saturated rings. The van der Waals surface area contributed by atoms with Crippen LogP contribution in [-0.4, -0.2) is 29.2 Å². The van der Waals surface area contributed by atoms with E-state index in [1.807, 2.05) is 4.90 Å². The van der Waals surface area contributed by atoms with E-state index in [4.69, 9.17) is 0 Å². The van der Waals surface area contributed by atoms with Crippen molar-refractivity contribution < 1.29 is 23.2 Å². The Kier molecular flexibility index (Phi) is 5.61. The third-order valence-electron chi connectivity index (χ3n) is 4.72. The predicted molar refractivity (Wildman–Crippen MR) is 100.0 cm³/mol. The van der Waals surface area contributed by atoms with E-state index in [0.717, 1.165) is 12.1 Å². The Morgan fingerprint density at radius 2 is 1.90 bits per heavy atom. The SMILES string of the molecule is N#Cc1cc(Nc2ccc(C(F)(F)F)cc2[N+](=O)[O-])ccc1N1CCC(O)CC1. The molecule has 1 saturated heterocycles. The normalized spacial score (nSPS) is 15.1. The number of nitro benzene ring substituents is 1. The van der Waals surface area contributed by atoms with Crippen molar-refractivity contribution in [2.45, 2.75) is 25.1 Å². The molecule has 1 aliphatic heterocycles. The summed E-state index contributed by atoms with van der Waals surface area (Å²) in [7, 11) is 0. The Hall–Kier alpha value is -3.32. The van der Waals surface area contributed by atoms with E-state index in [1.54, 1.807) is 12.1 Å². The molecule has 0 amide bonds. The van der Waals surface area contributed by atoms with Crippen molar-refractivity contribution in [2.75, 3.05) is 23.3 Å². The van der Waals surface area contributed by atoms with E-state index in [2.05, 4.69) is 11.4 Å². The standard InChI is InChI=1S/C19H17F3N4O3/c20-19(21,22)13-1-3-16(18(10-13)26(28)29)24-14-2-4-17(12(9-14)11-23)25-7-5-15(27)6-8-25/h1-4,9-10,15,24,27H,5-8H2. The predicted octanol–water partition coefficient (Wildman–Crippen LogP) is 4.19. The summed E-state index contributed by atoms with van der Waals surface area (Å²) in [5.74, 6) is 0. The monoisotopic (exact) mass is 406 g/mol. The Morgan fingerprint density at radius 3 is 2.48 bits per heavy atom. The van der Waals surface area contributed by atoms with Gasteiger partial charge in [-0.25, -0.2) is 0 Å². The lowest BCUT2D eigenvalue weighted by molar-refractivity contribution is -0.384. The van der Waals surface area contributed by atoms with Crippen LogP contribution in [0.5, 0.6) is 0 Å². The molecule has 1 aliphatic rings. The molecule has 1 heterocycles. The number of hydrogen-bond acceptors (Lipinski definition) is 6. The van der Waals surface area contributed by atoms with Gasteiger partial charge in [-0.1, -0.05) is 0 Å². The molecule has 0 saturated carbocycles. The van der Waals surface area contributed by atoms with Crippen LogP contribution in [0.25, 0.3) is 0 Å². The van der Waals surface area contributed by atoms with Gasteiger partial charge < -0.3 is 15.3 Å². The fourth-order valence-electron chi connectivity index (χ4n) is 3.21. The summed E-state index contributed by atoms with van der Waals surface area (Å²) >= 11 is 0. The van der Waals surface area contributed by atoms with Gasteiger partial charge in [0.15, 0.2) is 0 Å². The maximum atomic E-state index is 12.8. The average molecular weight is 406 g/mol. The number of nitrogens with one attached hydrogen (secondary N) is 1. The van der Waals surface area contributed by atoms with Gasteiger partial charge in [-0.3, -0.25) is 10.1 Å². The Bertz CT molecular complexity index is 964. The molecule has 0 unspecified atom stereocenters. The van der Waals surface area contributed by atoms with Crippen molar-refractivity contribution in [2.24, 2.45) is 0 Å². The number of alkyl halides is 3. The summed E-state index contributed by atoms with van der Waals surface area (Å²) in [4.78, 5) is 12.3. The third-order valence-corrected chi connectivity index (χ3v) is 4.72. The maximum absolute atomic E-state index is 12.8. The lowest BCUT2D eigenvalue weighted by Gasteiger charge is -2.32. The Labute approximate surface area is 164 Å². The molecule has 2 N–H and O–H groups in total. The zero-order valence-corrected chi connectivity index (χ0v) is 15.1. The first-order chi connectivity index (χ1) is 13.7. The zero-order valence-electron chi connectivity index (χ0n) is 15.1. The lowest BCUT2D eigenvalue weighted by Crippen LogP contribution is -2.36. The molecular weight excluding hydrogens is 389 g/mol. The van der Waals surface area contributed by atoms with Crippen LogP contribution in [0.15, 0.2) is 36.4 Å². The molecule has 0 bridgehead atoms. The summed E-state index contributed by atoms with van der Waals surface area (Å²) in [5, 5.41) is 33.0. The van der Waals surface area contributed by atoms with Crippen LogP contribution in [0.3, 0.4) is 0 Å². The molecule has 0 aliphatic carbocycles. The minimum absolute atomic E-state index is 0.110. The van der Waals surface area contributed by atoms with Crippen molar-refractivity contribution in [3.63, 3.8) is 0 Å². The summed E-state index contributed by atoms with van der Waals surface area (Å²) < 4.78 is 38.5. The highest BCUT2D eigenvalue weighted by atomic mass is 19.4. The summed E-state index contributed by atoms with van der Waals surface area (Å²) in [6.07, 6.45) is -3.88. The van der Waals surface area contributed by atoms with Gasteiger partial charge in [-0.05, 0) is 43.2 Å². The van der Waals surface area contributed by atoms with Crippen molar-refractivity contribution in [3.8, 4) is 6.07 Å². The first-order valence-corrected chi connectivity index (χ1v) is 8.79. The molecule has 2 aromatic carbocycles. The second-order valence-corrected chi connectivity index (χ2v) is 6.67. The van der Waals surface area contributed by atoms with Crippen LogP contribution in [0.2, 0.25) is 0 Å². The first-order valence-electron chi connectivity index (χ1n) is 8.79. The van der Waals surface area contributed by atoms with Gasteiger partial charge in [0, 0.05) is 24.8 Å². The third kappa shape index (κ3) is 4.57. The highest BCUT2D eigenvalue weighted by Gasteiger charge is 2.33. The molecule has 0 aromatic heterocycles. The van der Waals surface area contributed by atoms with Crippen molar-refractivity contribution >= 4 is 22.7 Å². The van der Waals surface area contributed by atoms with Gasteiger partial charge in [0.1, 0.15) is 11.8 Å². The highest BCUT2D eigenvalue weighted by molar-refractivity contribution is 5.73. The van der Waals surface area contributed by atoms with Crippen LogP contribution < -0.4 is 10.2 Å². The number of nitrogens with zero attached hydrogens (tertiary/aromatic N) is 3. The van der Waals surface area contributed by atoms with Gasteiger partial charge in [-0.15, -0.1) is 0 Å². The van der Waals surface area contributed by atoms with Crippen LogP contribution in [0.1, 0.15) is 24.0 Å². The molecule has 0 spiro atoms. The number of hydrogen-bond donors (Lipinski definition) is 2. The van der Waals surface area contributed by atoms with Gasteiger partial charge in [0.2, 0.25) is 0 Å². The lowest BCUT2D eigenvalue weighted by atomic mass is 10.0. The number of halogens is 3. The Morgan fingerprint density at radius 1 is 1.21 bits per heavy atom. The highest BCUT2D eigenvalue weighted by Crippen LogP contribution is 2.36. The summed E-state index contributed by atoms with van der Waals surface area (Å²) in [5.41, 5.74) is -0.610. The average Bonchev–Trinajstić information content (AvgIpc) is 2.68. The van der Waals surface area contributed by atoms with Crippen LogP contribution in [0.4, 0.5) is 35.9 Å². The minimum Gasteiger partial charge on any atom is -0.393 e. The number of nitro groups is 1. The second-order valence-electron chi connectivity index (χ2n) is 6.67. The molecule has 0 radical (unpaired) electrons. The fourth-order valence-corrected chi connectivity index (χ4v) is 3.21. The number of aliphatic hydroxyl groups excluding tert-OH is 1. The number of nitriles is 1. The molecule has 2 aromatic rings. The zero-order chi connectivity index (χ0) is 21.2. The van der Waals surface area contributed by atoms with Crippen LogP contribution in [0, 0.1) is 21.4 Å². The smallest absolute Gasteiger partial charge is 0.393 e. The molecule has 10 heteroatoms. The number of aliphatic hydroxyl groups is 1. The van der Waals surface area contributed by atoms with Gasteiger partial charge in [-0.2, -0.15) is 18.4 Å². The topological polar surface area (TPSA) is 102 Å². The van der Waals surface area contributed by atoms with Gasteiger partial charge in [0.05, 0.1) is 27.8 Å². The minimum atomic E-state index is -4.69. The summed E-state index contributed by atoms with van der Waals surface area (Å²) in [6, 6.07) is 9.06. The van der Waals surface area contributed by atoms with Crippen molar-refractivity contribution in [3.05, 3.63) is 57.6 Å². The van der Waals surface area contributed by atoms with Crippen LogP contribution >= 0.6 is 0 Å². The van der Waals surface area contributed by atoms with E-state index in [-0.39, 0.29) is 11.8 Å². The molecule has 3 rings (SSSR count). The van der Waals surface area contributed by atoms with E-state index in [0.29, 0.717) is 48.9 Å². The van der Waals surface area contributed by atoms with Gasteiger partial charge in [0.25, 0.3) is 5.69 Å². The number of rotatable bonds is 4. The molecular formula is C19H17F3N4O3. The number of piperidine rings is 1. The fraction of sp³-hybridized carbons (Fsp3) is 0.316. The van der Waals surface area contributed by atoms with E-state index in [1.165, 1.54) is 6.07 Å². The maximum Gasteiger partial charge on any atom is 0.416 e. The van der Waals surface area contributed by atoms with E-state index in [9.17, 15) is 33.7 Å². The second kappa shape index (κ2) is 7.97.